The molecule has 0 aromatic rings. The van der Waals surface area contributed by atoms with Gasteiger partial charge in [0.15, 0.2) is 0 Å². The molecule has 120 valence electrons. The number of urea groups is 1. The summed E-state index contributed by atoms with van der Waals surface area (Å²) in [5, 5.41) is 19.9. The highest BCUT2D eigenvalue weighted by atomic mass is 19.4. The summed E-state index contributed by atoms with van der Waals surface area (Å²) in [6, 6.07) is -2.71. The van der Waals surface area contributed by atoms with Gasteiger partial charge in [-0.25, -0.2) is 9.59 Å². The van der Waals surface area contributed by atoms with Gasteiger partial charge >= 0.3 is 18.2 Å². The normalized spacial score (nSPS) is 19.1. The number of aliphatic hydroxyl groups excluding tert-OH is 1. The molecule has 0 aromatic heterocycles. The highest BCUT2D eigenvalue weighted by molar-refractivity contribution is 5.90. The van der Waals surface area contributed by atoms with Crippen molar-refractivity contribution >= 4 is 17.9 Å². The third-order valence-electron chi connectivity index (χ3n) is 2.72. The fraction of sp³-hybridized carbons (Fsp3) is 0.700. The number of carbonyl (C=O) groups is 3. The molecule has 1 heterocycles. The Balaban J connectivity index is 2.92. The molecule has 8 nitrogen and oxygen atoms in total. The van der Waals surface area contributed by atoms with Gasteiger partial charge in [-0.1, -0.05) is 0 Å². The van der Waals surface area contributed by atoms with Crippen LogP contribution in [0.3, 0.4) is 0 Å². The van der Waals surface area contributed by atoms with Crippen LogP contribution in [0.2, 0.25) is 0 Å². The first kappa shape index (κ1) is 17.0. The second-order valence-electron chi connectivity index (χ2n) is 4.33. The number of aliphatic hydroxyl groups is 1. The van der Waals surface area contributed by atoms with E-state index in [1.807, 2.05) is 0 Å². The number of piperazine rings is 1. The zero-order valence-corrected chi connectivity index (χ0v) is 10.8. The van der Waals surface area contributed by atoms with E-state index in [2.05, 4.69) is 5.32 Å². The second kappa shape index (κ2) is 6.61. The maximum Gasteiger partial charge on any atom is 0.406 e. The van der Waals surface area contributed by atoms with Crippen LogP contribution in [-0.4, -0.2) is 82.9 Å². The van der Waals surface area contributed by atoms with Crippen molar-refractivity contribution in [1.82, 2.24) is 15.1 Å². The van der Waals surface area contributed by atoms with E-state index in [0.29, 0.717) is 4.90 Å². The zero-order valence-electron chi connectivity index (χ0n) is 10.8. The number of rotatable bonds is 4. The van der Waals surface area contributed by atoms with Crippen molar-refractivity contribution in [2.45, 2.75) is 12.2 Å². The average Bonchev–Trinajstić information content (AvgIpc) is 2.35. The number of hydrogen-bond donors (Lipinski definition) is 3. The first-order valence-electron chi connectivity index (χ1n) is 5.88. The van der Waals surface area contributed by atoms with Gasteiger partial charge < -0.3 is 20.4 Å². The minimum absolute atomic E-state index is 0.258. The third kappa shape index (κ3) is 4.77. The Labute approximate surface area is 117 Å². The van der Waals surface area contributed by atoms with E-state index in [1.165, 1.54) is 0 Å². The van der Waals surface area contributed by atoms with Gasteiger partial charge in [0.1, 0.15) is 19.1 Å². The van der Waals surface area contributed by atoms with Crippen molar-refractivity contribution in [3.05, 3.63) is 0 Å². The van der Waals surface area contributed by atoms with Crippen LogP contribution in [0.4, 0.5) is 18.0 Å². The van der Waals surface area contributed by atoms with Gasteiger partial charge in [0.05, 0.1) is 6.61 Å². The molecule has 1 aliphatic rings. The molecule has 0 radical (unpaired) electrons. The molecule has 1 saturated heterocycles. The van der Waals surface area contributed by atoms with Gasteiger partial charge in [0.25, 0.3) is 0 Å². The molecule has 11 heteroatoms. The Hall–Kier alpha value is -2.04. The molecule has 21 heavy (non-hydrogen) atoms. The second-order valence-corrected chi connectivity index (χ2v) is 4.33. The smallest absolute Gasteiger partial charge is 0.406 e. The largest absolute Gasteiger partial charge is 0.480 e. The number of carboxylic acids is 1. The van der Waals surface area contributed by atoms with E-state index in [-0.39, 0.29) is 11.4 Å². The van der Waals surface area contributed by atoms with Crippen molar-refractivity contribution in [3.8, 4) is 0 Å². The Morgan fingerprint density at radius 2 is 2.05 bits per heavy atom. The molecular weight excluding hydrogens is 299 g/mol. The molecule has 1 fully saturated rings. The molecule has 1 rings (SSSR count). The average molecular weight is 313 g/mol. The highest BCUT2D eigenvalue weighted by Crippen LogP contribution is 2.18. The Morgan fingerprint density at radius 1 is 1.43 bits per heavy atom. The number of nitrogens with zero attached hydrogens (tertiary/aromatic N) is 2. The van der Waals surface area contributed by atoms with Gasteiger partial charge in [-0.05, 0) is 0 Å². The molecule has 0 aliphatic carbocycles. The lowest BCUT2D eigenvalue weighted by Crippen LogP contribution is -2.62. The summed E-state index contributed by atoms with van der Waals surface area (Å²) < 4.78 is 37.2. The van der Waals surface area contributed by atoms with Gasteiger partial charge in [-0.15, -0.1) is 0 Å². The van der Waals surface area contributed by atoms with Crippen LogP contribution in [0.5, 0.6) is 0 Å². The summed E-state index contributed by atoms with van der Waals surface area (Å²) in [6.07, 6.45) is -4.71. The van der Waals surface area contributed by atoms with Crippen LogP contribution in [0.1, 0.15) is 0 Å². The number of carbonyl (C=O) groups excluding carboxylic acids is 2. The minimum atomic E-state index is -4.71. The Kier molecular flexibility index (Phi) is 5.35. The molecule has 1 aliphatic heterocycles. The monoisotopic (exact) mass is 313 g/mol. The van der Waals surface area contributed by atoms with Gasteiger partial charge in [0, 0.05) is 13.1 Å². The molecule has 1 unspecified atom stereocenters. The van der Waals surface area contributed by atoms with Crippen LogP contribution in [-0.2, 0) is 9.59 Å². The summed E-state index contributed by atoms with van der Waals surface area (Å²) in [4.78, 5) is 35.1. The van der Waals surface area contributed by atoms with E-state index in [9.17, 15) is 27.6 Å². The fourth-order valence-corrected chi connectivity index (χ4v) is 1.82. The van der Waals surface area contributed by atoms with E-state index >= 15 is 0 Å². The lowest BCUT2D eigenvalue weighted by molar-refractivity contribution is -0.147. The summed E-state index contributed by atoms with van der Waals surface area (Å²) in [5.74, 6) is -2.11. The molecule has 3 amide bonds. The van der Waals surface area contributed by atoms with Gasteiger partial charge in [-0.2, -0.15) is 13.2 Å². The molecular formula is C10H14F3N3O5. The molecule has 0 spiro atoms. The number of nitrogens with one attached hydrogen (secondary N) is 1. The SMILES string of the molecule is O=C1CN(C(=O)N(CCO)CC(F)(F)F)C(C(=O)O)CN1. The van der Waals surface area contributed by atoms with Crippen molar-refractivity contribution in [2.24, 2.45) is 0 Å². The number of hydrogen-bond acceptors (Lipinski definition) is 4. The number of aliphatic carboxylic acids is 1. The predicted octanol–water partition coefficient (Wildman–Crippen LogP) is -1.15. The van der Waals surface area contributed by atoms with Crippen LogP contribution in [0.25, 0.3) is 0 Å². The zero-order chi connectivity index (χ0) is 16.2. The first-order valence-corrected chi connectivity index (χ1v) is 5.88. The number of carboxylic acid groups (broad SMARTS) is 1. The lowest BCUT2D eigenvalue weighted by atomic mass is 10.2. The summed E-state index contributed by atoms with van der Waals surface area (Å²) in [6.45, 7) is -4.03. The third-order valence-corrected chi connectivity index (χ3v) is 2.72. The van der Waals surface area contributed by atoms with Crippen LogP contribution in [0, 0.1) is 0 Å². The molecule has 0 saturated carbocycles. The molecule has 0 aromatic carbocycles. The van der Waals surface area contributed by atoms with E-state index < -0.39 is 56.4 Å². The number of amides is 3. The summed E-state index contributed by atoms with van der Waals surface area (Å²) in [7, 11) is 0. The fourth-order valence-electron chi connectivity index (χ4n) is 1.82. The highest BCUT2D eigenvalue weighted by Gasteiger charge is 2.40. The van der Waals surface area contributed by atoms with Crippen molar-refractivity contribution in [2.75, 3.05) is 32.8 Å². The van der Waals surface area contributed by atoms with Crippen LogP contribution in [0.15, 0.2) is 0 Å². The summed E-state index contributed by atoms with van der Waals surface area (Å²) in [5.41, 5.74) is 0. The van der Waals surface area contributed by atoms with E-state index in [0.717, 1.165) is 0 Å². The molecule has 0 bridgehead atoms. The maximum atomic E-state index is 12.4. The Bertz CT molecular complexity index is 429. The van der Waals surface area contributed by atoms with Crippen LogP contribution < -0.4 is 5.32 Å². The Morgan fingerprint density at radius 3 is 2.52 bits per heavy atom. The summed E-state index contributed by atoms with van der Waals surface area (Å²) >= 11 is 0. The van der Waals surface area contributed by atoms with Crippen molar-refractivity contribution < 1.29 is 37.8 Å². The van der Waals surface area contributed by atoms with Crippen LogP contribution >= 0.6 is 0 Å². The van der Waals surface area contributed by atoms with E-state index in [1.54, 1.807) is 0 Å². The quantitative estimate of drug-likeness (QED) is 0.607. The number of alkyl halides is 3. The maximum absolute atomic E-state index is 12.4. The molecule has 1 atom stereocenters. The van der Waals surface area contributed by atoms with Crippen molar-refractivity contribution in [1.29, 1.82) is 0 Å². The topological polar surface area (TPSA) is 110 Å². The van der Waals surface area contributed by atoms with Gasteiger partial charge in [0.2, 0.25) is 5.91 Å². The van der Waals surface area contributed by atoms with Gasteiger partial charge in [-0.3, -0.25) is 9.69 Å². The van der Waals surface area contributed by atoms with Crippen molar-refractivity contribution in [3.63, 3.8) is 0 Å². The standard InChI is InChI=1S/C10H14F3N3O5/c11-10(12,13)5-15(1-2-17)9(21)16-4-7(18)14-3-6(16)8(19)20/h6,17H,1-5H2,(H,14,18)(H,19,20). The first-order chi connectivity index (χ1) is 9.65. The minimum Gasteiger partial charge on any atom is -0.480 e. The predicted molar refractivity (Wildman–Crippen MR) is 61.2 cm³/mol. The lowest BCUT2D eigenvalue weighted by Gasteiger charge is -2.36. The number of halogens is 3. The molecule has 3 N–H and O–H groups in total. The van der Waals surface area contributed by atoms with E-state index in [4.69, 9.17) is 10.2 Å².